The zero-order chi connectivity index (χ0) is 25.0. The molecular formula is C23H36N2O8. The van der Waals surface area contributed by atoms with Crippen molar-refractivity contribution in [2.24, 2.45) is 17.3 Å². The summed E-state index contributed by atoms with van der Waals surface area (Å²) in [7, 11) is 0. The van der Waals surface area contributed by atoms with Gasteiger partial charge in [-0.15, -0.1) is 0 Å². The summed E-state index contributed by atoms with van der Waals surface area (Å²) in [6, 6.07) is 0. The van der Waals surface area contributed by atoms with E-state index in [9.17, 15) is 19.2 Å². The number of esters is 2. The average Bonchev–Trinajstić information content (AvgIpc) is 2.76. The van der Waals surface area contributed by atoms with Crippen LogP contribution in [-0.2, 0) is 28.5 Å². The summed E-state index contributed by atoms with van der Waals surface area (Å²) in [5, 5.41) is 5.43. The van der Waals surface area contributed by atoms with Crippen LogP contribution in [0, 0.1) is 17.3 Å². The molecule has 10 nitrogen and oxygen atoms in total. The van der Waals surface area contributed by atoms with Crippen LogP contribution in [0.3, 0.4) is 0 Å². The molecule has 0 bridgehead atoms. The summed E-state index contributed by atoms with van der Waals surface area (Å²) in [5.41, 5.74) is 0.613. The van der Waals surface area contributed by atoms with Gasteiger partial charge in [0.2, 0.25) is 0 Å². The maximum atomic E-state index is 11.8. The van der Waals surface area contributed by atoms with E-state index in [0.29, 0.717) is 24.9 Å². The van der Waals surface area contributed by atoms with Crippen LogP contribution < -0.4 is 10.6 Å². The molecule has 1 aliphatic rings. The van der Waals surface area contributed by atoms with E-state index < -0.39 is 24.1 Å². The fourth-order valence-corrected chi connectivity index (χ4v) is 3.50. The molecule has 1 rings (SSSR count). The van der Waals surface area contributed by atoms with Gasteiger partial charge in [0.25, 0.3) is 0 Å². The molecule has 10 heteroatoms. The van der Waals surface area contributed by atoms with Crippen molar-refractivity contribution in [3.8, 4) is 0 Å². The zero-order valence-electron chi connectivity index (χ0n) is 20.0. The first-order valence-corrected chi connectivity index (χ1v) is 10.9. The van der Waals surface area contributed by atoms with E-state index in [1.54, 1.807) is 0 Å². The largest absolute Gasteiger partial charge is 0.459 e. The number of rotatable bonds is 13. The van der Waals surface area contributed by atoms with Crippen molar-refractivity contribution in [1.29, 1.82) is 0 Å². The quantitative estimate of drug-likeness (QED) is 0.183. The number of carbonyl (C=O) groups excluding carboxylic acids is 4. The Labute approximate surface area is 195 Å². The Bertz CT molecular complexity index is 751. The lowest BCUT2D eigenvalue weighted by molar-refractivity contribution is -0.140. The molecule has 3 unspecified atom stereocenters. The van der Waals surface area contributed by atoms with E-state index in [1.807, 2.05) is 0 Å². The fourth-order valence-electron chi connectivity index (χ4n) is 3.50. The fraction of sp³-hybridized carbons (Fsp3) is 0.652. The summed E-state index contributed by atoms with van der Waals surface area (Å²) >= 11 is 0. The van der Waals surface area contributed by atoms with Gasteiger partial charge in [-0.25, -0.2) is 19.2 Å². The molecule has 0 spiro atoms. The smallest absolute Gasteiger partial charge is 0.407 e. The Hall–Kier alpha value is -3.04. The standard InChI is InChI=1S/C23H36N2O8/c1-15(2)19(26)30-9-11-32-21(28)24-8-7-23(6)13-18(17(23)5)14-25-22(29)33-12-10-31-20(27)16(3)4/h17-18H,1,3,7-14H2,2,4-6H3,(H,24,28)(H,25,29). The summed E-state index contributed by atoms with van der Waals surface area (Å²) in [5.74, 6) is -0.395. The average molecular weight is 469 g/mol. The Kier molecular flexibility index (Phi) is 11.4. The minimum Gasteiger partial charge on any atom is -0.459 e. The van der Waals surface area contributed by atoms with Gasteiger partial charge in [-0.3, -0.25) is 0 Å². The monoisotopic (exact) mass is 468 g/mol. The Morgan fingerprint density at radius 1 is 0.848 bits per heavy atom. The van der Waals surface area contributed by atoms with Crippen LogP contribution in [0.5, 0.6) is 0 Å². The molecule has 0 radical (unpaired) electrons. The van der Waals surface area contributed by atoms with Crippen LogP contribution in [0.4, 0.5) is 9.59 Å². The van der Waals surface area contributed by atoms with Gasteiger partial charge in [0, 0.05) is 24.2 Å². The molecular weight excluding hydrogens is 432 g/mol. The molecule has 2 amide bonds. The summed E-state index contributed by atoms with van der Waals surface area (Å²) in [6.07, 6.45) is 0.550. The predicted molar refractivity (Wildman–Crippen MR) is 120 cm³/mol. The Morgan fingerprint density at radius 2 is 1.30 bits per heavy atom. The maximum Gasteiger partial charge on any atom is 0.407 e. The molecule has 0 aromatic carbocycles. The molecule has 186 valence electrons. The highest BCUT2D eigenvalue weighted by atomic mass is 16.6. The molecule has 0 aromatic heterocycles. The molecule has 1 saturated carbocycles. The lowest BCUT2D eigenvalue weighted by Gasteiger charge is -2.52. The van der Waals surface area contributed by atoms with Crippen molar-refractivity contribution in [3.63, 3.8) is 0 Å². The van der Waals surface area contributed by atoms with Gasteiger partial charge < -0.3 is 29.6 Å². The van der Waals surface area contributed by atoms with Crippen LogP contribution >= 0.6 is 0 Å². The highest BCUT2D eigenvalue weighted by Gasteiger charge is 2.47. The topological polar surface area (TPSA) is 129 Å². The number of hydrogen-bond acceptors (Lipinski definition) is 8. The summed E-state index contributed by atoms with van der Waals surface area (Å²) in [4.78, 5) is 46.0. The normalized spacial score (nSPS) is 21.1. The van der Waals surface area contributed by atoms with E-state index in [-0.39, 0.29) is 43.0 Å². The van der Waals surface area contributed by atoms with E-state index in [2.05, 4.69) is 37.6 Å². The predicted octanol–water partition coefficient (Wildman–Crippen LogP) is 2.73. The van der Waals surface area contributed by atoms with Crippen LogP contribution in [0.2, 0.25) is 0 Å². The number of amides is 2. The van der Waals surface area contributed by atoms with Crippen LogP contribution in [0.25, 0.3) is 0 Å². The van der Waals surface area contributed by atoms with E-state index in [4.69, 9.17) is 18.9 Å². The van der Waals surface area contributed by atoms with Crippen LogP contribution in [0.15, 0.2) is 24.3 Å². The number of ether oxygens (including phenoxy) is 4. The van der Waals surface area contributed by atoms with E-state index in [0.717, 1.165) is 12.8 Å². The summed E-state index contributed by atoms with van der Waals surface area (Å²) in [6.45, 7) is 15.1. The van der Waals surface area contributed by atoms with Gasteiger partial charge in [0.15, 0.2) is 0 Å². The zero-order valence-corrected chi connectivity index (χ0v) is 20.0. The highest BCUT2D eigenvalue weighted by Crippen LogP contribution is 2.52. The third-order valence-corrected chi connectivity index (χ3v) is 5.81. The van der Waals surface area contributed by atoms with Crippen molar-refractivity contribution in [1.82, 2.24) is 10.6 Å². The Morgan fingerprint density at radius 3 is 1.76 bits per heavy atom. The third kappa shape index (κ3) is 9.97. The lowest BCUT2D eigenvalue weighted by atomic mass is 9.54. The molecule has 0 aromatic rings. The molecule has 1 aliphatic carbocycles. The molecule has 2 N–H and O–H groups in total. The second-order valence-corrected chi connectivity index (χ2v) is 8.57. The number of nitrogens with one attached hydrogen (secondary N) is 2. The van der Waals surface area contributed by atoms with Crippen molar-refractivity contribution >= 4 is 24.1 Å². The van der Waals surface area contributed by atoms with E-state index >= 15 is 0 Å². The first kappa shape index (κ1) is 28.0. The van der Waals surface area contributed by atoms with Crippen molar-refractivity contribution < 1.29 is 38.1 Å². The van der Waals surface area contributed by atoms with Crippen LogP contribution in [0.1, 0.15) is 40.5 Å². The third-order valence-electron chi connectivity index (χ3n) is 5.81. The lowest BCUT2D eigenvalue weighted by Crippen LogP contribution is -2.50. The highest BCUT2D eigenvalue weighted by molar-refractivity contribution is 5.87. The molecule has 3 atom stereocenters. The maximum absolute atomic E-state index is 11.8. The number of hydrogen-bond donors (Lipinski definition) is 2. The number of alkyl carbamates (subject to hydrolysis) is 2. The minimum atomic E-state index is -0.563. The molecule has 33 heavy (non-hydrogen) atoms. The van der Waals surface area contributed by atoms with E-state index in [1.165, 1.54) is 13.8 Å². The molecule has 0 heterocycles. The second-order valence-electron chi connectivity index (χ2n) is 8.57. The molecule has 0 saturated heterocycles. The summed E-state index contributed by atoms with van der Waals surface area (Å²) < 4.78 is 19.6. The molecule has 1 fully saturated rings. The van der Waals surface area contributed by atoms with Gasteiger partial charge in [-0.05, 0) is 43.9 Å². The van der Waals surface area contributed by atoms with Gasteiger partial charge >= 0.3 is 24.1 Å². The SMILES string of the molecule is C=C(C)C(=O)OCCOC(=O)NCCC1(C)CC(CNC(=O)OCCOC(=O)C(=C)C)C1C. The first-order valence-electron chi connectivity index (χ1n) is 10.9. The van der Waals surface area contributed by atoms with Gasteiger partial charge in [-0.2, -0.15) is 0 Å². The van der Waals surface area contributed by atoms with Crippen molar-refractivity contribution in [2.75, 3.05) is 39.5 Å². The second kappa shape index (κ2) is 13.5. The van der Waals surface area contributed by atoms with Gasteiger partial charge in [0.05, 0.1) is 0 Å². The number of carbonyl (C=O) groups is 4. The Balaban J connectivity index is 2.14. The van der Waals surface area contributed by atoms with Crippen molar-refractivity contribution in [3.05, 3.63) is 24.3 Å². The van der Waals surface area contributed by atoms with Crippen molar-refractivity contribution in [2.45, 2.75) is 40.5 Å². The minimum absolute atomic E-state index is 0.0217. The van der Waals surface area contributed by atoms with Gasteiger partial charge in [-0.1, -0.05) is 27.0 Å². The van der Waals surface area contributed by atoms with Gasteiger partial charge in [0.1, 0.15) is 26.4 Å². The molecule has 0 aliphatic heterocycles. The first-order chi connectivity index (χ1) is 15.5. The van der Waals surface area contributed by atoms with Crippen LogP contribution in [-0.4, -0.2) is 63.6 Å².